The monoisotopic (exact) mass is 384 g/mol. The van der Waals surface area contributed by atoms with E-state index in [-0.39, 0.29) is 17.3 Å². The van der Waals surface area contributed by atoms with E-state index in [1.165, 1.54) is 17.8 Å². The number of amides is 1. The van der Waals surface area contributed by atoms with Crippen molar-refractivity contribution in [3.63, 3.8) is 0 Å². The van der Waals surface area contributed by atoms with Crippen LogP contribution in [0, 0.1) is 10.1 Å². The first-order valence-electron chi connectivity index (χ1n) is 8.29. The minimum Gasteiger partial charge on any atom is -0.497 e. The smallest absolute Gasteiger partial charge is 0.269 e. The zero-order chi connectivity index (χ0) is 19.0. The highest BCUT2D eigenvalue weighted by molar-refractivity contribution is 7.99. The van der Waals surface area contributed by atoms with Crippen LogP contribution in [0.3, 0.4) is 0 Å². The topological polar surface area (TPSA) is 101 Å². The summed E-state index contributed by atoms with van der Waals surface area (Å²) < 4.78 is 5.20. The number of non-ortho nitro benzene ring substituents is 1. The van der Waals surface area contributed by atoms with Gasteiger partial charge in [0.05, 0.1) is 28.8 Å². The number of methoxy groups -OCH3 is 1. The summed E-state index contributed by atoms with van der Waals surface area (Å²) in [6.07, 6.45) is 0.623. The van der Waals surface area contributed by atoms with E-state index < -0.39 is 4.92 Å². The number of carbonyl (C=O) groups excluding carboxylic acids is 1. The van der Waals surface area contributed by atoms with Crippen molar-refractivity contribution in [2.75, 3.05) is 24.3 Å². The van der Waals surface area contributed by atoms with Crippen LogP contribution in [-0.4, -0.2) is 40.2 Å². The van der Waals surface area contributed by atoms with Gasteiger partial charge < -0.3 is 14.6 Å². The number of hydrogen-bond donors (Lipinski definition) is 1. The third kappa shape index (κ3) is 3.33. The van der Waals surface area contributed by atoms with Crippen LogP contribution in [0.5, 0.6) is 5.75 Å². The molecule has 4 rings (SSSR count). The Kier molecular flexibility index (Phi) is 4.44. The fraction of sp³-hybridized carbons (Fsp3) is 0.222. The molecule has 138 valence electrons. The highest BCUT2D eigenvalue weighted by Crippen LogP contribution is 2.32. The van der Waals surface area contributed by atoms with Crippen molar-refractivity contribution >= 4 is 40.1 Å². The predicted octanol–water partition coefficient (Wildman–Crippen LogP) is 3.16. The van der Waals surface area contributed by atoms with Gasteiger partial charge in [0.15, 0.2) is 5.16 Å². The Morgan fingerprint density at radius 1 is 1.37 bits per heavy atom. The lowest BCUT2D eigenvalue weighted by Crippen LogP contribution is -2.30. The van der Waals surface area contributed by atoms with Crippen molar-refractivity contribution in [3.8, 4) is 5.75 Å². The van der Waals surface area contributed by atoms with Gasteiger partial charge in [-0.25, -0.2) is 4.98 Å². The molecule has 0 saturated heterocycles. The minimum atomic E-state index is -0.419. The van der Waals surface area contributed by atoms with Crippen LogP contribution in [0.4, 0.5) is 11.4 Å². The number of H-pyrrole nitrogens is 1. The summed E-state index contributed by atoms with van der Waals surface area (Å²) in [5, 5.41) is 11.6. The number of thioether (sulfide) groups is 1. The van der Waals surface area contributed by atoms with E-state index in [2.05, 4.69) is 9.97 Å². The molecular formula is C18H16N4O4S. The molecule has 0 aliphatic carbocycles. The molecule has 9 heteroatoms. The Hall–Kier alpha value is -3.07. The van der Waals surface area contributed by atoms with Crippen molar-refractivity contribution in [2.45, 2.75) is 11.6 Å². The second-order valence-electron chi connectivity index (χ2n) is 6.08. The number of fused-ring (bicyclic) bond motifs is 2. The molecule has 8 nitrogen and oxygen atoms in total. The van der Waals surface area contributed by atoms with Gasteiger partial charge >= 0.3 is 0 Å². The van der Waals surface area contributed by atoms with E-state index in [9.17, 15) is 14.9 Å². The molecule has 1 N–H and O–H groups in total. The fourth-order valence-electron chi connectivity index (χ4n) is 3.13. The molecule has 0 unspecified atom stereocenters. The van der Waals surface area contributed by atoms with Gasteiger partial charge in [-0.1, -0.05) is 11.8 Å². The summed E-state index contributed by atoms with van der Waals surface area (Å²) >= 11 is 1.33. The van der Waals surface area contributed by atoms with Crippen molar-refractivity contribution in [3.05, 3.63) is 52.1 Å². The van der Waals surface area contributed by atoms with Gasteiger partial charge in [-0.05, 0) is 30.2 Å². The molecular weight excluding hydrogens is 368 g/mol. The number of benzene rings is 2. The van der Waals surface area contributed by atoms with Crippen molar-refractivity contribution in [1.29, 1.82) is 0 Å². The Morgan fingerprint density at radius 2 is 2.22 bits per heavy atom. The second-order valence-corrected chi connectivity index (χ2v) is 7.04. The van der Waals surface area contributed by atoms with Crippen molar-refractivity contribution in [1.82, 2.24) is 9.97 Å². The summed E-state index contributed by atoms with van der Waals surface area (Å²) in [7, 11) is 1.61. The Balaban J connectivity index is 1.46. The van der Waals surface area contributed by atoms with Crippen molar-refractivity contribution in [2.24, 2.45) is 0 Å². The van der Waals surface area contributed by atoms with Gasteiger partial charge in [0.2, 0.25) is 5.91 Å². The van der Waals surface area contributed by atoms with E-state index in [0.717, 1.165) is 28.0 Å². The van der Waals surface area contributed by atoms with Gasteiger partial charge in [-0.3, -0.25) is 14.9 Å². The molecule has 1 aromatic heterocycles. The van der Waals surface area contributed by atoms with Crippen LogP contribution >= 0.6 is 11.8 Å². The average Bonchev–Trinajstić information content (AvgIpc) is 3.28. The SMILES string of the molecule is COc1ccc2nc(SCC(=O)N3CCc4cc([N+](=O)[O-])ccc43)[nH]c2c1. The number of nitrogens with zero attached hydrogens (tertiary/aromatic N) is 3. The maximum atomic E-state index is 12.6. The summed E-state index contributed by atoms with van der Waals surface area (Å²) in [6.45, 7) is 0.535. The molecule has 0 radical (unpaired) electrons. The molecule has 2 heterocycles. The zero-order valence-corrected chi connectivity index (χ0v) is 15.3. The molecule has 0 atom stereocenters. The number of aromatic nitrogens is 2. The molecule has 0 bridgehead atoms. The van der Waals surface area contributed by atoms with Gasteiger partial charge in [0, 0.05) is 30.4 Å². The van der Waals surface area contributed by atoms with Gasteiger partial charge in [0.1, 0.15) is 5.75 Å². The number of nitro groups is 1. The largest absolute Gasteiger partial charge is 0.497 e. The number of nitro benzene ring substituents is 1. The summed E-state index contributed by atoms with van der Waals surface area (Å²) in [4.78, 5) is 32.4. The molecule has 3 aromatic rings. The van der Waals surface area contributed by atoms with E-state index in [4.69, 9.17) is 4.74 Å². The van der Waals surface area contributed by atoms with Gasteiger partial charge in [-0.2, -0.15) is 0 Å². The van der Waals surface area contributed by atoms with Crippen molar-refractivity contribution < 1.29 is 14.5 Å². The number of rotatable bonds is 5. The fourth-order valence-corrected chi connectivity index (χ4v) is 3.89. The lowest BCUT2D eigenvalue weighted by Gasteiger charge is -2.16. The van der Waals surface area contributed by atoms with E-state index >= 15 is 0 Å². The summed E-state index contributed by atoms with van der Waals surface area (Å²) in [5.74, 6) is 0.917. The van der Waals surface area contributed by atoms with Crippen LogP contribution in [-0.2, 0) is 11.2 Å². The predicted molar refractivity (Wildman–Crippen MR) is 103 cm³/mol. The van der Waals surface area contributed by atoms with Crippen LogP contribution in [0.2, 0.25) is 0 Å². The first-order valence-corrected chi connectivity index (χ1v) is 9.28. The molecule has 1 amide bonds. The van der Waals surface area contributed by atoms with E-state index in [0.29, 0.717) is 18.1 Å². The molecule has 0 spiro atoms. The Labute approximate surface area is 158 Å². The number of anilines is 1. The van der Waals surface area contributed by atoms with Crippen LogP contribution in [0.15, 0.2) is 41.6 Å². The maximum Gasteiger partial charge on any atom is 0.269 e. The Bertz CT molecular complexity index is 1050. The zero-order valence-electron chi connectivity index (χ0n) is 14.5. The second kappa shape index (κ2) is 6.92. The third-order valence-electron chi connectivity index (χ3n) is 4.47. The van der Waals surface area contributed by atoms with E-state index in [1.54, 1.807) is 24.1 Å². The number of aromatic amines is 1. The van der Waals surface area contributed by atoms with Crippen LogP contribution in [0.1, 0.15) is 5.56 Å². The molecule has 1 aliphatic rings. The molecule has 2 aromatic carbocycles. The number of nitrogens with one attached hydrogen (secondary N) is 1. The third-order valence-corrected chi connectivity index (χ3v) is 5.33. The van der Waals surface area contributed by atoms with Gasteiger partial charge in [0.25, 0.3) is 5.69 Å². The first-order chi connectivity index (χ1) is 13.0. The molecule has 27 heavy (non-hydrogen) atoms. The summed E-state index contributed by atoms with van der Waals surface area (Å²) in [5.41, 5.74) is 3.29. The normalized spacial score (nSPS) is 13.0. The molecule has 0 fully saturated rings. The maximum absolute atomic E-state index is 12.6. The quantitative estimate of drug-likeness (QED) is 0.412. The standard InChI is InChI=1S/C18H16N4O4S/c1-26-13-3-4-14-15(9-13)20-18(19-14)27-10-17(23)21-7-6-11-8-12(22(24)25)2-5-16(11)21/h2-5,8-9H,6-7,10H2,1H3,(H,19,20). The lowest BCUT2D eigenvalue weighted by molar-refractivity contribution is -0.384. The highest BCUT2D eigenvalue weighted by atomic mass is 32.2. The van der Waals surface area contributed by atoms with Gasteiger partial charge in [-0.15, -0.1) is 0 Å². The number of carbonyl (C=O) groups is 1. The number of hydrogen-bond acceptors (Lipinski definition) is 6. The lowest BCUT2D eigenvalue weighted by atomic mass is 10.1. The molecule has 0 saturated carbocycles. The van der Waals surface area contributed by atoms with E-state index in [1.807, 2.05) is 18.2 Å². The van der Waals surface area contributed by atoms with Crippen LogP contribution in [0.25, 0.3) is 11.0 Å². The average molecular weight is 384 g/mol. The van der Waals surface area contributed by atoms with Crippen LogP contribution < -0.4 is 9.64 Å². The summed E-state index contributed by atoms with van der Waals surface area (Å²) in [6, 6.07) is 10.2. The highest BCUT2D eigenvalue weighted by Gasteiger charge is 2.26. The minimum absolute atomic E-state index is 0.0503. The number of imidazole rings is 1. The first kappa shape index (κ1) is 17.3. The number of ether oxygens (including phenoxy) is 1. The molecule has 1 aliphatic heterocycles. The Morgan fingerprint density at radius 3 is 3.00 bits per heavy atom.